The number of rotatable bonds is 2. The van der Waals surface area contributed by atoms with E-state index in [1.165, 1.54) is 0 Å². The molecule has 5 rings (SSSR count). The summed E-state index contributed by atoms with van der Waals surface area (Å²) in [6.45, 7) is 2.67. The van der Waals surface area contributed by atoms with Gasteiger partial charge < -0.3 is 9.42 Å². The summed E-state index contributed by atoms with van der Waals surface area (Å²) in [4.78, 5) is 23.8. The summed E-state index contributed by atoms with van der Waals surface area (Å²) in [5, 5.41) is 3.97. The van der Waals surface area contributed by atoms with E-state index in [-0.39, 0.29) is 11.9 Å². The number of fused-ring (bicyclic) bond motifs is 5. The number of terminal acetylenes is 1. The monoisotopic (exact) mass is 345 g/mol. The fourth-order valence-electron chi connectivity index (χ4n) is 3.60. The van der Waals surface area contributed by atoms with E-state index in [1.807, 2.05) is 28.5 Å². The van der Waals surface area contributed by atoms with Crippen LogP contribution >= 0.6 is 0 Å². The molecule has 4 heterocycles. The van der Waals surface area contributed by atoms with Gasteiger partial charge in [-0.15, -0.1) is 6.42 Å². The molecule has 1 aromatic carbocycles. The zero-order valence-corrected chi connectivity index (χ0v) is 14.1. The predicted octanol–water partition coefficient (Wildman–Crippen LogP) is 2.37. The topological polar surface area (TPSA) is 77.1 Å². The Morgan fingerprint density at radius 1 is 1.42 bits per heavy atom. The van der Waals surface area contributed by atoms with Crippen LogP contribution in [0.3, 0.4) is 0 Å². The third-order valence-electron chi connectivity index (χ3n) is 5.04. The molecule has 2 aliphatic heterocycles. The summed E-state index contributed by atoms with van der Waals surface area (Å²) in [5.41, 5.74) is 3.58. The average molecular weight is 345 g/mol. The van der Waals surface area contributed by atoms with Gasteiger partial charge in [-0.2, -0.15) is 4.98 Å². The highest BCUT2D eigenvalue weighted by molar-refractivity contribution is 5.99. The third-order valence-corrected chi connectivity index (χ3v) is 5.04. The first-order chi connectivity index (χ1) is 12.7. The Labute approximate surface area is 149 Å². The van der Waals surface area contributed by atoms with Crippen LogP contribution in [-0.2, 0) is 6.42 Å². The molecule has 1 atom stereocenters. The minimum Gasteiger partial charge on any atom is -0.332 e. The van der Waals surface area contributed by atoms with Crippen molar-refractivity contribution >= 4 is 5.91 Å². The van der Waals surface area contributed by atoms with E-state index in [0.717, 1.165) is 17.8 Å². The molecule has 1 fully saturated rings. The molecular formula is C19H15N5O2. The highest BCUT2D eigenvalue weighted by atomic mass is 16.5. The SMILES string of the molecule is C#Cc1ccc2c(c1)C(=O)N1CCC1c1c(-c3nc(CC)no3)ncn1-2. The molecule has 2 aliphatic rings. The molecule has 26 heavy (non-hydrogen) atoms. The number of hydrogen-bond donors (Lipinski definition) is 0. The normalized spacial score (nSPS) is 17.6. The Bertz CT molecular complexity index is 1090. The van der Waals surface area contributed by atoms with Gasteiger partial charge in [-0.05, 0) is 24.6 Å². The molecule has 3 aromatic rings. The summed E-state index contributed by atoms with van der Waals surface area (Å²) in [6.07, 6.45) is 8.78. The van der Waals surface area contributed by atoms with E-state index < -0.39 is 0 Å². The second-order valence-corrected chi connectivity index (χ2v) is 6.40. The van der Waals surface area contributed by atoms with Crippen LogP contribution in [0, 0.1) is 12.3 Å². The van der Waals surface area contributed by atoms with Gasteiger partial charge in [0.2, 0.25) is 0 Å². The number of aryl methyl sites for hydroxylation is 1. The van der Waals surface area contributed by atoms with E-state index in [2.05, 4.69) is 21.0 Å². The highest BCUT2D eigenvalue weighted by Gasteiger charge is 2.42. The highest BCUT2D eigenvalue weighted by Crippen LogP contribution is 2.43. The molecule has 2 aromatic heterocycles. The fraction of sp³-hybridized carbons (Fsp3) is 0.263. The number of imidazole rings is 1. The number of amides is 1. The molecule has 0 saturated carbocycles. The van der Waals surface area contributed by atoms with Crippen LogP contribution < -0.4 is 0 Å². The summed E-state index contributed by atoms with van der Waals surface area (Å²) in [5.74, 6) is 3.61. The van der Waals surface area contributed by atoms with Crippen molar-refractivity contribution in [3.05, 3.63) is 47.2 Å². The number of hydrogen-bond acceptors (Lipinski definition) is 5. The Hall–Kier alpha value is -3.40. The van der Waals surface area contributed by atoms with Crippen molar-refractivity contribution in [2.45, 2.75) is 25.8 Å². The predicted molar refractivity (Wildman–Crippen MR) is 92.6 cm³/mol. The van der Waals surface area contributed by atoms with Crippen molar-refractivity contribution in [2.75, 3.05) is 6.54 Å². The zero-order valence-electron chi connectivity index (χ0n) is 14.1. The lowest BCUT2D eigenvalue weighted by Gasteiger charge is -2.39. The largest absolute Gasteiger partial charge is 0.332 e. The molecule has 0 N–H and O–H groups in total. The van der Waals surface area contributed by atoms with E-state index in [9.17, 15) is 4.79 Å². The summed E-state index contributed by atoms with van der Waals surface area (Å²) < 4.78 is 7.35. The standard InChI is InChI=1S/C19H15N5O2/c1-3-11-5-6-13-12(9-11)19(25)23-8-7-14(23)17-16(20-10-24(13)17)18-21-15(4-2)22-26-18/h1,5-6,9-10,14H,4,7-8H2,2H3. The molecule has 0 bridgehead atoms. The van der Waals surface area contributed by atoms with E-state index in [1.54, 1.807) is 12.4 Å². The second kappa shape index (κ2) is 5.30. The molecule has 1 amide bonds. The molecule has 7 nitrogen and oxygen atoms in total. The first-order valence-corrected chi connectivity index (χ1v) is 8.53. The smallest absolute Gasteiger partial charge is 0.278 e. The van der Waals surface area contributed by atoms with E-state index in [0.29, 0.717) is 41.5 Å². The van der Waals surface area contributed by atoms with Crippen LogP contribution in [0.1, 0.15) is 46.8 Å². The van der Waals surface area contributed by atoms with Crippen molar-refractivity contribution < 1.29 is 9.32 Å². The molecule has 1 saturated heterocycles. The van der Waals surface area contributed by atoms with Gasteiger partial charge in [0.25, 0.3) is 11.8 Å². The van der Waals surface area contributed by atoms with Crippen molar-refractivity contribution in [2.24, 2.45) is 0 Å². The third kappa shape index (κ3) is 1.90. The van der Waals surface area contributed by atoms with Crippen LogP contribution in [0.5, 0.6) is 0 Å². The second-order valence-electron chi connectivity index (χ2n) is 6.40. The average Bonchev–Trinajstić information content (AvgIpc) is 3.25. The van der Waals surface area contributed by atoms with Crippen molar-refractivity contribution in [1.82, 2.24) is 24.6 Å². The molecule has 7 heteroatoms. The van der Waals surface area contributed by atoms with Gasteiger partial charge in [-0.1, -0.05) is 18.0 Å². The quantitative estimate of drug-likeness (QED) is 0.667. The van der Waals surface area contributed by atoms with Gasteiger partial charge in [0.15, 0.2) is 11.5 Å². The first kappa shape index (κ1) is 14.9. The Morgan fingerprint density at radius 3 is 3.00 bits per heavy atom. The van der Waals surface area contributed by atoms with Crippen LogP contribution in [0.4, 0.5) is 0 Å². The number of aromatic nitrogens is 4. The lowest BCUT2D eigenvalue weighted by Crippen LogP contribution is -2.44. The Balaban J connectivity index is 1.75. The molecule has 1 unspecified atom stereocenters. The number of carbonyl (C=O) groups excluding carboxylic acids is 1. The van der Waals surface area contributed by atoms with Crippen molar-refractivity contribution in [1.29, 1.82) is 0 Å². The van der Waals surface area contributed by atoms with Crippen LogP contribution in [-0.4, -0.2) is 37.0 Å². The summed E-state index contributed by atoms with van der Waals surface area (Å²) >= 11 is 0. The first-order valence-electron chi connectivity index (χ1n) is 8.53. The number of carbonyl (C=O) groups is 1. The lowest BCUT2D eigenvalue weighted by molar-refractivity contribution is 0.0461. The minimum atomic E-state index is -0.0568. The fourth-order valence-corrected chi connectivity index (χ4v) is 3.60. The maximum absolute atomic E-state index is 13.0. The maximum Gasteiger partial charge on any atom is 0.278 e. The minimum absolute atomic E-state index is 0.0113. The summed E-state index contributed by atoms with van der Waals surface area (Å²) in [6, 6.07) is 5.41. The lowest BCUT2D eigenvalue weighted by atomic mass is 9.97. The number of benzene rings is 1. The van der Waals surface area contributed by atoms with Crippen LogP contribution in [0.25, 0.3) is 17.3 Å². The van der Waals surface area contributed by atoms with Crippen molar-refractivity contribution in [3.8, 4) is 29.6 Å². The van der Waals surface area contributed by atoms with Gasteiger partial charge in [-0.3, -0.25) is 9.36 Å². The van der Waals surface area contributed by atoms with E-state index in [4.69, 9.17) is 10.9 Å². The van der Waals surface area contributed by atoms with Gasteiger partial charge in [0.1, 0.15) is 6.33 Å². The van der Waals surface area contributed by atoms with Crippen molar-refractivity contribution in [3.63, 3.8) is 0 Å². The summed E-state index contributed by atoms with van der Waals surface area (Å²) in [7, 11) is 0. The number of nitrogens with zero attached hydrogens (tertiary/aromatic N) is 5. The van der Waals surface area contributed by atoms with Crippen LogP contribution in [0.15, 0.2) is 29.0 Å². The molecular weight excluding hydrogens is 330 g/mol. The van der Waals surface area contributed by atoms with Gasteiger partial charge in [0, 0.05) is 18.5 Å². The zero-order chi connectivity index (χ0) is 17.8. The Kier molecular flexibility index (Phi) is 3.04. The van der Waals surface area contributed by atoms with Crippen LogP contribution in [0.2, 0.25) is 0 Å². The molecule has 0 radical (unpaired) electrons. The molecule has 0 spiro atoms. The molecule has 0 aliphatic carbocycles. The van der Waals surface area contributed by atoms with Gasteiger partial charge in [-0.25, -0.2) is 4.98 Å². The Morgan fingerprint density at radius 2 is 2.31 bits per heavy atom. The maximum atomic E-state index is 13.0. The van der Waals surface area contributed by atoms with E-state index >= 15 is 0 Å². The van der Waals surface area contributed by atoms with Gasteiger partial charge in [0.05, 0.1) is 23.0 Å². The van der Waals surface area contributed by atoms with Gasteiger partial charge >= 0.3 is 0 Å². The molecule has 128 valence electrons.